The zero-order chi connectivity index (χ0) is 14.4. The second kappa shape index (κ2) is 4.94. The molecule has 2 rings (SSSR count). The van der Waals surface area contributed by atoms with E-state index < -0.39 is 10.0 Å². The minimum atomic E-state index is -4.03. The lowest BCUT2D eigenvalue weighted by Gasteiger charge is -2.18. The van der Waals surface area contributed by atoms with Crippen molar-refractivity contribution in [3.8, 4) is 0 Å². The standard InChI is InChI=1S/C11H12Cl2N2O3S/c1-15(7-2-3-7)11(16)8-4-6(12)5-9(10(8)13)19(14,17)18/h4-5,7H,2-3H2,1H3,(H2,14,17,18). The summed E-state index contributed by atoms with van der Waals surface area (Å²) in [6, 6.07) is 2.66. The van der Waals surface area contributed by atoms with E-state index >= 15 is 0 Å². The van der Waals surface area contributed by atoms with Crippen LogP contribution in [0.2, 0.25) is 10.0 Å². The van der Waals surface area contributed by atoms with E-state index in [9.17, 15) is 13.2 Å². The van der Waals surface area contributed by atoms with Gasteiger partial charge in [-0.1, -0.05) is 23.2 Å². The monoisotopic (exact) mass is 322 g/mol. The van der Waals surface area contributed by atoms with Gasteiger partial charge in [0.15, 0.2) is 0 Å². The lowest BCUT2D eigenvalue weighted by Crippen LogP contribution is -2.29. The fourth-order valence-electron chi connectivity index (χ4n) is 1.74. The summed E-state index contributed by atoms with van der Waals surface area (Å²) >= 11 is 11.8. The smallest absolute Gasteiger partial charge is 0.255 e. The molecule has 2 N–H and O–H groups in total. The number of rotatable bonds is 3. The maximum atomic E-state index is 12.2. The van der Waals surface area contributed by atoms with Crippen LogP contribution in [0.15, 0.2) is 17.0 Å². The molecule has 0 unspecified atom stereocenters. The van der Waals surface area contributed by atoms with Gasteiger partial charge in [0.25, 0.3) is 5.91 Å². The number of amides is 1. The van der Waals surface area contributed by atoms with Crippen molar-refractivity contribution >= 4 is 39.1 Å². The van der Waals surface area contributed by atoms with E-state index in [0.29, 0.717) is 0 Å². The molecule has 1 saturated carbocycles. The average molecular weight is 323 g/mol. The predicted molar refractivity (Wildman–Crippen MR) is 73.0 cm³/mol. The van der Waals surface area contributed by atoms with Crippen molar-refractivity contribution in [2.75, 3.05) is 7.05 Å². The summed E-state index contributed by atoms with van der Waals surface area (Å²) in [6.45, 7) is 0. The highest BCUT2D eigenvalue weighted by molar-refractivity contribution is 7.89. The quantitative estimate of drug-likeness (QED) is 0.922. The van der Waals surface area contributed by atoms with Crippen molar-refractivity contribution in [3.05, 3.63) is 27.7 Å². The van der Waals surface area contributed by atoms with E-state index in [0.717, 1.165) is 18.9 Å². The maximum absolute atomic E-state index is 12.2. The first-order valence-electron chi connectivity index (χ1n) is 5.51. The number of halogens is 2. The largest absolute Gasteiger partial charge is 0.339 e. The molecule has 8 heteroatoms. The number of sulfonamides is 1. The molecular formula is C11H12Cl2N2O3S. The third kappa shape index (κ3) is 3.02. The van der Waals surface area contributed by atoms with Crippen LogP contribution in [0.3, 0.4) is 0 Å². The van der Waals surface area contributed by atoms with Crippen LogP contribution in [0, 0.1) is 0 Å². The number of nitrogens with two attached hydrogens (primary N) is 1. The van der Waals surface area contributed by atoms with Crippen LogP contribution in [0.1, 0.15) is 23.2 Å². The van der Waals surface area contributed by atoms with Crippen molar-refractivity contribution in [2.45, 2.75) is 23.8 Å². The van der Waals surface area contributed by atoms with Gasteiger partial charge in [-0.3, -0.25) is 4.79 Å². The van der Waals surface area contributed by atoms with E-state index in [1.807, 2.05) is 0 Å². The van der Waals surface area contributed by atoms with E-state index in [1.54, 1.807) is 7.05 Å². The van der Waals surface area contributed by atoms with Crippen molar-refractivity contribution < 1.29 is 13.2 Å². The number of primary sulfonamides is 1. The number of carbonyl (C=O) groups excluding carboxylic acids is 1. The van der Waals surface area contributed by atoms with Crippen LogP contribution in [-0.4, -0.2) is 32.3 Å². The molecule has 0 radical (unpaired) electrons. The molecule has 104 valence electrons. The molecule has 1 aliphatic carbocycles. The van der Waals surface area contributed by atoms with Gasteiger partial charge in [0.2, 0.25) is 10.0 Å². The average Bonchev–Trinajstić information content (AvgIpc) is 3.12. The molecule has 1 amide bonds. The van der Waals surface area contributed by atoms with E-state index in [1.165, 1.54) is 11.0 Å². The van der Waals surface area contributed by atoms with Crippen molar-refractivity contribution in [1.82, 2.24) is 4.90 Å². The summed E-state index contributed by atoms with van der Waals surface area (Å²) in [6.07, 6.45) is 1.87. The third-order valence-electron chi connectivity index (χ3n) is 2.96. The zero-order valence-corrected chi connectivity index (χ0v) is 12.4. The first-order valence-corrected chi connectivity index (χ1v) is 7.81. The zero-order valence-electron chi connectivity index (χ0n) is 10.1. The Morgan fingerprint density at radius 1 is 1.37 bits per heavy atom. The Labute approximate surface area is 121 Å². The first-order chi connectivity index (χ1) is 8.71. The number of hydrogen-bond donors (Lipinski definition) is 1. The molecule has 1 fully saturated rings. The molecule has 0 aromatic heterocycles. The number of carbonyl (C=O) groups is 1. The first kappa shape index (κ1) is 14.6. The fraction of sp³-hybridized carbons (Fsp3) is 0.364. The molecule has 0 aliphatic heterocycles. The Morgan fingerprint density at radius 3 is 2.42 bits per heavy atom. The third-order valence-corrected chi connectivity index (χ3v) is 4.63. The Balaban J connectivity index is 2.51. The van der Waals surface area contributed by atoms with Gasteiger partial charge >= 0.3 is 0 Å². The molecule has 1 aromatic carbocycles. The highest BCUT2D eigenvalue weighted by Crippen LogP contribution is 2.32. The van der Waals surface area contributed by atoms with Crippen molar-refractivity contribution in [1.29, 1.82) is 0 Å². The number of nitrogens with zero attached hydrogens (tertiary/aromatic N) is 1. The van der Waals surface area contributed by atoms with Crippen LogP contribution in [0.25, 0.3) is 0 Å². The topological polar surface area (TPSA) is 80.5 Å². The van der Waals surface area contributed by atoms with Gasteiger partial charge in [0, 0.05) is 18.1 Å². The second-order valence-electron chi connectivity index (χ2n) is 4.46. The predicted octanol–water partition coefficient (Wildman–Crippen LogP) is 1.88. The summed E-state index contributed by atoms with van der Waals surface area (Å²) in [5.74, 6) is -0.361. The lowest BCUT2D eigenvalue weighted by atomic mass is 10.2. The summed E-state index contributed by atoms with van der Waals surface area (Å²) < 4.78 is 22.8. The van der Waals surface area contributed by atoms with Crippen LogP contribution >= 0.6 is 23.2 Å². The fourth-order valence-corrected chi connectivity index (χ4v) is 3.19. The van der Waals surface area contributed by atoms with Crippen molar-refractivity contribution in [3.63, 3.8) is 0 Å². The van der Waals surface area contributed by atoms with Gasteiger partial charge in [-0.25, -0.2) is 13.6 Å². The normalized spacial score (nSPS) is 15.4. The molecule has 0 spiro atoms. The summed E-state index contributed by atoms with van der Waals surface area (Å²) in [5, 5.41) is 4.96. The molecule has 0 bridgehead atoms. The van der Waals surface area contributed by atoms with E-state index in [-0.39, 0.29) is 32.5 Å². The molecule has 5 nitrogen and oxygen atoms in total. The van der Waals surface area contributed by atoms with Gasteiger partial charge < -0.3 is 4.90 Å². The minimum Gasteiger partial charge on any atom is -0.339 e. The van der Waals surface area contributed by atoms with Crippen LogP contribution < -0.4 is 5.14 Å². The van der Waals surface area contributed by atoms with Gasteiger partial charge in [0.05, 0.1) is 10.6 Å². The number of benzene rings is 1. The molecule has 0 saturated heterocycles. The molecule has 1 aliphatic rings. The van der Waals surface area contributed by atoms with Crippen LogP contribution in [0.5, 0.6) is 0 Å². The van der Waals surface area contributed by atoms with Gasteiger partial charge in [0.1, 0.15) is 4.90 Å². The van der Waals surface area contributed by atoms with E-state index in [4.69, 9.17) is 28.3 Å². The highest BCUT2D eigenvalue weighted by Gasteiger charge is 2.32. The van der Waals surface area contributed by atoms with Gasteiger partial charge in [-0.15, -0.1) is 0 Å². The summed E-state index contributed by atoms with van der Waals surface area (Å²) in [4.78, 5) is 13.4. The van der Waals surface area contributed by atoms with Crippen molar-refractivity contribution in [2.24, 2.45) is 5.14 Å². The summed E-state index contributed by atoms with van der Waals surface area (Å²) in [5.41, 5.74) is 0.0487. The molecule has 1 aromatic rings. The molecule has 0 atom stereocenters. The molecular weight excluding hydrogens is 311 g/mol. The number of hydrogen-bond acceptors (Lipinski definition) is 3. The maximum Gasteiger partial charge on any atom is 0.255 e. The van der Waals surface area contributed by atoms with E-state index in [2.05, 4.69) is 0 Å². The molecule has 0 heterocycles. The molecule has 19 heavy (non-hydrogen) atoms. The highest BCUT2D eigenvalue weighted by atomic mass is 35.5. The summed E-state index contributed by atoms with van der Waals surface area (Å²) in [7, 11) is -2.38. The van der Waals surface area contributed by atoms with Gasteiger partial charge in [-0.05, 0) is 25.0 Å². The van der Waals surface area contributed by atoms with Gasteiger partial charge in [-0.2, -0.15) is 0 Å². The lowest BCUT2D eigenvalue weighted by molar-refractivity contribution is 0.0785. The minimum absolute atomic E-state index is 0.0487. The Morgan fingerprint density at radius 2 is 1.95 bits per heavy atom. The van der Waals surface area contributed by atoms with Crippen LogP contribution in [0.4, 0.5) is 0 Å². The van der Waals surface area contributed by atoms with Crippen LogP contribution in [-0.2, 0) is 10.0 Å². The Kier molecular flexibility index (Phi) is 3.79. The second-order valence-corrected chi connectivity index (χ2v) is 6.80. The SMILES string of the molecule is CN(C(=O)c1cc(Cl)cc(S(N)(=O)=O)c1Cl)C1CC1. The Bertz CT molecular complexity index is 642. The Hall–Kier alpha value is -0.820.